The molecule has 0 amide bonds. The van der Waals surface area contributed by atoms with Gasteiger partial charge in [0.25, 0.3) is 0 Å². The van der Waals surface area contributed by atoms with Crippen molar-refractivity contribution < 1.29 is 28.2 Å². The van der Waals surface area contributed by atoms with Crippen LogP contribution in [0.4, 0.5) is 0 Å². The van der Waals surface area contributed by atoms with Crippen molar-refractivity contribution in [2.75, 3.05) is 13.7 Å². The first-order valence-electron chi connectivity index (χ1n) is 6.39. The van der Waals surface area contributed by atoms with Crippen LogP contribution in [0.25, 0.3) is 0 Å². The number of carboxylic acid groups (broad SMARTS) is 1. The Morgan fingerprint density at radius 1 is 1.43 bits per heavy atom. The number of aromatic hydroxyl groups is 1. The highest BCUT2D eigenvalue weighted by Crippen LogP contribution is 2.21. The molecule has 0 fully saturated rings. The second-order valence-electron chi connectivity index (χ2n) is 4.55. The van der Waals surface area contributed by atoms with E-state index in [1.165, 1.54) is 7.11 Å². The summed E-state index contributed by atoms with van der Waals surface area (Å²) < 4.78 is 31.9. The third-order valence-electron chi connectivity index (χ3n) is 2.84. The molecule has 1 atom stereocenters. The number of benzene rings is 1. The molecule has 0 heterocycles. The van der Waals surface area contributed by atoms with Crippen LogP contribution < -0.4 is 4.72 Å². The van der Waals surface area contributed by atoms with E-state index < -0.39 is 33.3 Å². The summed E-state index contributed by atoms with van der Waals surface area (Å²) in [6.07, 6.45) is 1.36. The van der Waals surface area contributed by atoms with E-state index in [2.05, 4.69) is 4.72 Å². The SMILES string of the molecule is CCCC(COC)NS(=O)(=O)c1ccc(O)c(C(=O)O)c1. The van der Waals surface area contributed by atoms with Gasteiger partial charge in [0.15, 0.2) is 0 Å². The fourth-order valence-electron chi connectivity index (χ4n) is 1.87. The van der Waals surface area contributed by atoms with Crippen molar-refractivity contribution in [3.63, 3.8) is 0 Å². The third-order valence-corrected chi connectivity index (χ3v) is 4.35. The topological polar surface area (TPSA) is 113 Å². The molecule has 118 valence electrons. The fraction of sp³-hybridized carbons (Fsp3) is 0.462. The zero-order valence-electron chi connectivity index (χ0n) is 11.9. The Kier molecular flexibility index (Phi) is 6.13. The quantitative estimate of drug-likeness (QED) is 0.663. The van der Waals surface area contributed by atoms with Gasteiger partial charge in [0.05, 0.1) is 11.5 Å². The van der Waals surface area contributed by atoms with Crippen molar-refractivity contribution in [3.05, 3.63) is 23.8 Å². The highest BCUT2D eigenvalue weighted by molar-refractivity contribution is 7.89. The lowest BCUT2D eigenvalue weighted by Gasteiger charge is -2.17. The van der Waals surface area contributed by atoms with Gasteiger partial charge in [0.1, 0.15) is 11.3 Å². The van der Waals surface area contributed by atoms with E-state index in [9.17, 15) is 18.3 Å². The Bertz CT molecular complexity index is 593. The average molecular weight is 317 g/mol. The fourth-order valence-corrected chi connectivity index (χ4v) is 3.15. The van der Waals surface area contributed by atoms with Crippen molar-refractivity contribution in [2.45, 2.75) is 30.7 Å². The molecule has 0 aromatic heterocycles. The van der Waals surface area contributed by atoms with Crippen LogP contribution in [0.5, 0.6) is 5.75 Å². The Balaban J connectivity index is 3.07. The molecule has 7 nitrogen and oxygen atoms in total. The molecule has 1 unspecified atom stereocenters. The highest BCUT2D eigenvalue weighted by Gasteiger charge is 2.22. The molecule has 0 radical (unpaired) electrons. The molecular weight excluding hydrogens is 298 g/mol. The molecule has 0 aliphatic heterocycles. The van der Waals surface area contributed by atoms with Gasteiger partial charge in [0.2, 0.25) is 10.0 Å². The molecule has 1 aromatic carbocycles. The zero-order valence-corrected chi connectivity index (χ0v) is 12.7. The van der Waals surface area contributed by atoms with Crippen LogP contribution in [0.2, 0.25) is 0 Å². The Hall–Kier alpha value is -1.64. The van der Waals surface area contributed by atoms with Crippen LogP contribution >= 0.6 is 0 Å². The van der Waals surface area contributed by atoms with Gasteiger partial charge in [-0.15, -0.1) is 0 Å². The van der Waals surface area contributed by atoms with E-state index in [0.29, 0.717) is 6.42 Å². The molecular formula is C13H19NO6S. The van der Waals surface area contributed by atoms with Crippen molar-refractivity contribution >= 4 is 16.0 Å². The predicted octanol–water partition coefficient (Wildman–Crippen LogP) is 1.18. The number of methoxy groups -OCH3 is 1. The molecule has 1 rings (SSSR count). The van der Waals surface area contributed by atoms with Crippen LogP contribution in [0.15, 0.2) is 23.1 Å². The first-order valence-corrected chi connectivity index (χ1v) is 7.87. The number of carboxylic acids is 1. The summed E-state index contributed by atoms with van der Waals surface area (Å²) in [7, 11) is -2.41. The third kappa shape index (κ3) is 4.69. The maximum atomic E-state index is 12.2. The maximum absolute atomic E-state index is 12.2. The molecule has 1 aromatic rings. The van der Waals surface area contributed by atoms with Crippen LogP contribution in [0.1, 0.15) is 30.1 Å². The highest BCUT2D eigenvalue weighted by atomic mass is 32.2. The Labute approximate surface area is 123 Å². The van der Waals surface area contributed by atoms with Crippen molar-refractivity contribution in [1.29, 1.82) is 0 Å². The van der Waals surface area contributed by atoms with E-state index in [4.69, 9.17) is 9.84 Å². The number of rotatable bonds is 8. The van der Waals surface area contributed by atoms with E-state index in [0.717, 1.165) is 24.6 Å². The molecule has 0 aliphatic carbocycles. The summed E-state index contributed by atoms with van der Waals surface area (Å²) in [4.78, 5) is 10.7. The predicted molar refractivity (Wildman–Crippen MR) is 76.0 cm³/mol. The molecule has 3 N–H and O–H groups in total. The molecule has 0 saturated heterocycles. The van der Waals surface area contributed by atoms with Gasteiger partial charge in [-0.3, -0.25) is 0 Å². The van der Waals surface area contributed by atoms with E-state index >= 15 is 0 Å². The molecule has 0 saturated carbocycles. The summed E-state index contributed by atoms with van der Waals surface area (Å²) in [6, 6.07) is 2.73. The van der Waals surface area contributed by atoms with Gasteiger partial charge in [-0.2, -0.15) is 0 Å². The molecule has 0 aliphatic rings. The minimum absolute atomic E-state index is 0.213. The smallest absolute Gasteiger partial charge is 0.339 e. The monoisotopic (exact) mass is 317 g/mol. The summed E-state index contributed by atoms with van der Waals surface area (Å²) in [6.45, 7) is 2.14. The number of aromatic carboxylic acids is 1. The van der Waals surface area contributed by atoms with E-state index in [-0.39, 0.29) is 11.5 Å². The molecule has 8 heteroatoms. The molecule has 0 spiro atoms. The van der Waals surface area contributed by atoms with Crippen molar-refractivity contribution in [3.8, 4) is 5.75 Å². The number of sulfonamides is 1. The first kappa shape index (κ1) is 17.4. The minimum Gasteiger partial charge on any atom is -0.507 e. The normalized spacial score (nSPS) is 13.0. The average Bonchev–Trinajstić information content (AvgIpc) is 2.38. The summed E-state index contributed by atoms with van der Waals surface area (Å²) in [5.74, 6) is -1.88. The maximum Gasteiger partial charge on any atom is 0.339 e. The second-order valence-corrected chi connectivity index (χ2v) is 6.26. The standard InChI is InChI=1S/C13H19NO6S/c1-3-4-9(8-20-2)14-21(18,19)10-5-6-12(15)11(7-10)13(16)17/h5-7,9,14-15H,3-4,8H2,1-2H3,(H,16,17). The largest absolute Gasteiger partial charge is 0.507 e. The number of phenols is 1. The van der Waals surface area contributed by atoms with Crippen LogP contribution in [0.3, 0.4) is 0 Å². The summed E-state index contributed by atoms with van der Waals surface area (Å²) in [5, 5.41) is 18.3. The summed E-state index contributed by atoms with van der Waals surface area (Å²) >= 11 is 0. The second kappa shape index (κ2) is 7.39. The van der Waals surface area contributed by atoms with Crippen LogP contribution in [-0.2, 0) is 14.8 Å². The van der Waals surface area contributed by atoms with Crippen molar-refractivity contribution in [1.82, 2.24) is 4.72 Å². The van der Waals surface area contributed by atoms with Crippen LogP contribution in [-0.4, -0.2) is 44.4 Å². The lowest BCUT2D eigenvalue weighted by Crippen LogP contribution is -2.37. The Morgan fingerprint density at radius 3 is 2.62 bits per heavy atom. The van der Waals surface area contributed by atoms with Gasteiger partial charge in [-0.1, -0.05) is 13.3 Å². The van der Waals surface area contributed by atoms with E-state index in [1.807, 2.05) is 6.92 Å². The molecule has 21 heavy (non-hydrogen) atoms. The zero-order chi connectivity index (χ0) is 16.0. The van der Waals surface area contributed by atoms with Crippen molar-refractivity contribution in [2.24, 2.45) is 0 Å². The first-order chi connectivity index (χ1) is 9.81. The lowest BCUT2D eigenvalue weighted by atomic mass is 10.2. The molecule has 0 bridgehead atoms. The van der Waals surface area contributed by atoms with Gasteiger partial charge in [-0.25, -0.2) is 17.9 Å². The van der Waals surface area contributed by atoms with Gasteiger partial charge < -0.3 is 14.9 Å². The number of nitrogens with one attached hydrogen (secondary N) is 1. The number of carbonyl (C=O) groups is 1. The number of hydrogen-bond acceptors (Lipinski definition) is 5. The number of hydrogen-bond donors (Lipinski definition) is 3. The minimum atomic E-state index is -3.88. The van der Waals surface area contributed by atoms with Gasteiger partial charge >= 0.3 is 5.97 Å². The van der Waals surface area contributed by atoms with Crippen LogP contribution in [0, 0.1) is 0 Å². The number of ether oxygens (including phenoxy) is 1. The van der Waals surface area contributed by atoms with E-state index in [1.54, 1.807) is 0 Å². The lowest BCUT2D eigenvalue weighted by molar-refractivity contribution is 0.0693. The van der Waals surface area contributed by atoms with Gasteiger partial charge in [-0.05, 0) is 24.6 Å². The van der Waals surface area contributed by atoms with Gasteiger partial charge in [0, 0.05) is 13.2 Å². The summed E-state index contributed by atoms with van der Waals surface area (Å²) in [5.41, 5.74) is -0.461. The Morgan fingerprint density at radius 2 is 2.10 bits per heavy atom.